The Balaban J connectivity index is 0.00000364. The van der Waals surface area contributed by atoms with Gasteiger partial charge in [0.05, 0.1) is 6.61 Å². The number of nitrogens with two attached hydrogens (primary N) is 1. The number of carbonyl (C=O) groups is 3. The molecule has 1 aliphatic carbocycles. The predicted octanol–water partition coefficient (Wildman–Crippen LogP) is 2.25. The number of anilines is 1. The summed E-state index contributed by atoms with van der Waals surface area (Å²) in [5.41, 5.74) is 7.02. The van der Waals surface area contributed by atoms with Crippen LogP contribution in [0, 0.1) is 5.92 Å². The number of hydrogen-bond acceptors (Lipinski definition) is 5. The van der Waals surface area contributed by atoms with Gasteiger partial charge in [-0.2, -0.15) is 0 Å². The highest BCUT2D eigenvalue weighted by Crippen LogP contribution is 2.27. The summed E-state index contributed by atoms with van der Waals surface area (Å²) in [6.07, 6.45) is 3.46. The summed E-state index contributed by atoms with van der Waals surface area (Å²) in [5.74, 6) is -0.680. The molecule has 0 aromatic heterocycles. The summed E-state index contributed by atoms with van der Waals surface area (Å²) in [6, 6.07) is 5.91. The second-order valence-corrected chi connectivity index (χ2v) is 6.63. The molecule has 0 saturated heterocycles. The average Bonchev–Trinajstić information content (AvgIpc) is 3.00. The van der Waals surface area contributed by atoms with E-state index in [-0.39, 0.29) is 42.8 Å². The molecule has 0 spiro atoms. The standard InChI is InChI=1S/C19H27N3O4.ClH/c1-3-26-19(25)12(2)21-18(24)13-7-9-15(10-8-13)22-17(23)11-14-5-4-6-16(14)20;/h7-10,12,14,16H,3-6,11,20H2,1-2H3,(H,21,24)(H,22,23);1H/t12?,14-,16+;/m0./s1. The van der Waals surface area contributed by atoms with Gasteiger partial charge in [0.25, 0.3) is 5.91 Å². The maximum Gasteiger partial charge on any atom is 0.328 e. The fourth-order valence-corrected chi connectivity index (χ4v) is 3.08. The molecule has 150 valence electrons. The number of carbonyl (C=O) groups excluding carboxylic acids is 3. The first-order chi connectivity index (χ1) is 12.4. The number of rotatable bonds is 7. The van der Waals surface area contributed by atoms with Crippen molar-refractivity contribution in [2.75, 3.05) is 11.9 Å². The molecule has 1 aromatic carbocycles. The third-order valence-corrected chi connectivity index (χ3v) is 4.58. The summed E-state index contributed by atoms with van der Waals surface area (Å²) >= 11 is 0. The van der Waals surface area contributed by atoms with E-state index in [0.29, 0.717) is 17.7 Å². The minimum atomic E-state index is -0.725. The van der Waals surface area contributed by atoms with Gasteiger partial charge < -0.3 is 21.1 Å². The molecular formula is C19H28ClN3O4. The zero-order chi connectivity index (χ0) is 19.1. The third kappa shape index (κ3) is 6.84. The third-order valence-electron chi connectivity index (χ3n) is 4.58. The van der Waals surface area contributed by atoms with E-state index in [2.05, 4.69) is 10.6 Å². The summed E-state index contributed by atoms with van der Waals surface area (Å²) in [5, 5.41) is 5.41. The Hall–Kier alpha value is -2.12. The van der Waals surface area contributed by atoms with Crippen LogP contribution >= 0.6 is 12.4 Å². The normalized spacial score (nSPS) is 19.5. The molecule has 1 unspecified atom stereocenters. The Bertz CT molecular complexity index is 651. The molecule has 0 aliphatic heterocycles. The quantitative estimate of drug-likeness (QED) is 0.611. The van der Waals surface area contributed by atoms with Gasteiger partial charge in [0.2, 0.25) is 5.91 Å². The number of halogens is 1. The van der Waals surface area contributed by atoms with Gasteiger partial charge >= 0.3 is 5.97 Å². The molecule has 1 aliphatic rings. The van der Waals surface area contributed by atoms with Crippen molar-refractivity contribution in [2.24, 2.45) is 11.7 Å². The number of nitrogens with one attached hydrogen (secondary N) is 2. The van der Waals surface area contributed by atoms with Crippen molar-refractivity contribution in [3.63, 3.8) is 0 Å². The van der Waals surface area contributed by atoms with Crippen LogP contribution in [-0.4, -0.2) is 36.5 Å². The Kier molecular flexibility index (Phi) is 9.25. The van der Waals surface area contributed by atoms with Gasteiger partial charge in [-0.3, -0.25) is 9.59 Å². The molecule has 8 heteroatoms. The topological polar surface area (TPSA) is 111 Å². The van der Waals surface area contributed by atoms with Gasteiger partial charge in [-0.1, -0.05) is 6.42 Å². The van der Waals surface area contributed by atoms with E-state index in [1.807, 2.05) is 0 Å². The molecule has 1 fully saturated rings. The van der Waals surface area contributed by atoms with E-state index >= 15 is 0 Å². The molecule has 1 saturated carbocycles. The van der Waals surface area contributed by atoms with Gasteiger partial charge in [0.15, 0.2) is 0 Å². The second kappa shape index (κ2) is 10.9. The maximum atomic E-state index is 12.1. The maximum absolute atomic E-state index is 12.1. The monoisotopic (exact) mass is 397 g/mol. The van der Waals surface area contributed by atoms with E-state index in [1.54, 1.807) is 38.1 Å². The van der Waals surface area contributed by atoms with E-state index in [1.165, 1.54) is 0 Å². The van der Waals surface area contributed by atoms with Gasteiger partial charge in [0, 0.05) is 23.7 Å². The lowest BCUT2D eigenvalue weighted by molar-refractivity contribution is -0.144. The number of esters is 1. The summed E-state index contributed by atoms with van der Waals surface area (Å²) in [7, 11) is 0. The SMILES string of the molecule is CCOC(=O)C(C)NC(=O)c1ccc(NC(=O)C[C@@H]2CCC[C@H]2N)cc1.Cl. The molecule has 27 heavy (non-hydrogen) atoms. The predicted molar refractivity (Wildman–Crippen MR) is 106 cm³/mol. The van der Waals surface area contributed by atoms with Crippen molar-refractivity contribution >= 4 is 35.9 Å². The van der Waals surface area contributed by atoms with Crippen LogP contribution in [0.3, 0.4) is 0 Å². The first kappa shape index (κ1) is 22.9. The lowest BCUT2D eigenvalue weighted by Crippen LogP contribution is -2.39. The van der Waals surface area contributed by atoms with Crippen LogP contribution in [0.4, 0.5) is 5.69 Å². The van der Waals surface area contributed by atoms with Crippen LogP contribution < -0.4 is 16.4 Å². The highest BCUT2D eigenvalue weighted by atomic mass is 35.5. The van der Waals surface area contributed by atoms with Crippen LogP contribution in [0.15, 0.2) is 24.3 Å². The largest absolute Gasteiger partial charge is 0.464 e. The Morgan fingerprint density at radius 3 is 2.44 bits per heavy atom. The molecule has 0 bridgehead atoms. The summed E-state index contributed by atoms with van der Waals surface area (Å²) in [6.45, 7) is 3.54. The van der Waals surface area contributed by atoms with Crippen LogP contribution in [0.1, 0.15) is 49.9 Å². The zero-order valence-corrected chi connectivity index (χ0v) is 16.5. The van der Waals surface area contributed by atoms with Gasteiger partial charge in [-0.15, -0.1) is 12.4 Å². The van der Waals surface area contributed by atoms with Gasteiger partial charge in [-0.25, -0.2) is 4.79 Å². The van der Waals surface area contributed by atoms with Crippen molar-refractivity contribution in [3.05, 3.63) is 29.8 Å². The molecule has 1 aromatic rings. The fourth-order valence-electron chi connectivity index (χ4n) is 3.08. The van der Waals surface area contributed by atoms with E-state index < -0.39 is 12.0 Å². The van der Waals surface area contributed by atoms with Gasteiger partial charge in [-0.05, 0) is 56.9 Å². The molecule has 2 rings (SSSR count). The van der Waals surface area contributed by atoms with E-state index in [0.717, 1.165) is 19.3 Å². The zero-order valence-electron chi connectivity index (χ0n) is 15.7. The van der Waals surface area contributed by atoms with Gasteiger partial charge in [0.1, 0.15) is 6.04 Å². The number of amides is 2. The Morgan fingerprint density at radius 1 is 1.22 bits per heavy atom. The number of benzene rings is 1. The first-order valence-corrected chi connectivity index (χ1v) is 9.03. The molecule has 0 heterocycles. The Morgan fingerprint density at radius 2 is 1.89 bits per heavy atom. The average molecular weight is 398 g/mol. The van der Waals surface area contributed by atoms with Crippen molar-refractivity contribution in [1.82, 2.24) is 5.32 Å². The minimum absolute atomic E-state index is 0. The van der Waals surface area contributed by atoms with Crippen molar-refractivity contribution in [1.29, 1.82) is 0 Å². The summed E-state index contributed by atoms with van der Waals surface area (Å²) in [4.78, 5) is 35.8. The fraction of sp³-hybridized carbons (Fsp3) is 0.526. The van der Waals surface area contributed by atoms with Crippen molar-refractivity contribution in [3.8, 4) is 0 Å². The van der Waals surface area contributed by atoms with Crippen LogP contribution in [0.2, 0.25) is 0 Å². The lowest BCUT2D eigenvalue weighted by Gasteiger charge is -2.15. The highest BCUT2D eigenvalue weighted by Gasteiger charge is 2.26. The molecule has 0 radical (unpaired) electrons. The summed E-state index contributed by atoms with van der Waals surface area (Å²) < 4.78 is 4.86. The molecular weight excluding hydrogens is 370 g/mol. The Labute approximate surface area is 165 Å². The number of ether oxygens (including phenoxy) is 1. The van der Waals surface area contributed by atoms with E-state index in [9.17, 15) is 14.4 Å². The first-order valence-electron chi connectivity index (χ1n) is 9.03. The second-order valence-electron chi connectivity index (χ2n) is 6.63. The van der Waals surface area contributed by atoms with E-state index in [4.69, 9.17) is 10.5 Å². The van der Waals surface area contributed by atoms with Crippen LogP contribution in [0.5, 0.6) is 0 Å². The van der Waals surface area contributed by atoms with Crippen molar-refractivity contribution < 1.29 is 19.1 Å². The molecule has 2 amide bonds. The smallest absolute Gasteiger partial charge is 0.328 e. The molecule has 4 N–H and O–H groups in total. The lowest BCUT2D eigenvalue weighted by atomic mass is 10.00. The molecule has 7 nitrogen and oxygen atoms in total. The van der Waals surface area contributed by atoms with Crippen LogP contribution in [0.25, 0.3) is 0 Å². The highest BCUT2D eigenvalue weighted by molar-refractivity contribution is 5.97. The van der Waals surface area contributed by atoms with Crippen LogP contribution in [-0.2, 0) is 14.3 Å². The minimum Gasteiger partial charge on any atom is -0.464 e. The number of hydrogen-bond donors (Lipinski definition) is 3. The molecule has 3 atom stereocenters. The van der Waals surface area contributed by atoms with Crippen molar-refractivity contribution in [2.45, 2.75) is 51.6 Å².